The molecule has 1 heterocycles. The summed E-state index contributed by atoms with van der Waals surface area (Å²) < 4.78 is 33.7. The lowest BCUT2D eigenvalue weighted by molar-refractivity contribution is -0.127. The number of sulfonamides is 1. The highest BCUT2D eigenvalue weighted by atomic mass is 35.5. The third-order valence-corrected chi connectivity index (χ3v) is 7.06. The SMILES string of the molecule is Cc1ccc(CNC(=O)C2CN(S(=O)(=O)c3ccc(Cl)cc3)c3ccccc3O2)cc1. The number of anilines is 1. The molecule has 3 aromatic rings. The molecule has 0 aromatic heterocycles. The van der Waals surface area contributed by atoms with Gasteiger partial charge in [-0.3, -0.25) is 9.10 Å². The average Bonchev–Trinajstić information content (AvgIpc) is 2.78. The van der Waals surface area contributed by atoms with Crippen molar-refractivity contribution in [1.29, 1.82) is 0 Å². The Kier molecular flexibility index (Phi) is 5.89. The number of ether oxygens (including phenoxy) is 1. The molecule has 6 nitrogen and oxygen atoms in total. The van der Waals surface area contributed by atoms with Gasteiger partial charge in [-0.2, -0.15) is 0 Å². The van der Waals surface area contributed by atoms with Crippen LogP contribution in [0.4, 0.5) is 5.69 Å². The van der Waals surface area contributed by atoms with Crippen LogP contribution in [0, 0.1) is 6.92 Å². The fraction of sp³-hybridized carbons (Fsp3) is 0.174. The second-order valence-corrected chi connectivity index (χ2v) is 9.57. The van der Waals surface area contributed by atoms with Gasteiger partial charge >= 0.3 is 0 Å². The zero-order chi connectivity index (χ0) is 22.0. The summed E-state index contributed by atoms with van der Waals surface area (Å²) in [7, 11) is -3.92. The lowest BCUT2D eigenvalue weighted by Crippen LogP contribution is -2.50. The van der Waals surface area contributed by atoms with Gasteiger partial charge < -0.3 is 10.1 Å². The van der Waals surface area contributed by atoms with Gasteiger partial charge in [-0.15, -0.1) is 0 Å². The van der Waals surface area contributed by atoms with E-state index in [1.54, 1.807) is 24.3 Å². The predicted octanol–water partition coefficient (Wildman–Crippen LogP) is 3.92. The Bertz CT molecular complexity index is 1200. The second kappa shape index (κ2) is 8.61. The molecule has 0 bridgehead atoms. The van der Waals surface area contributed by atoms with E-state index in [0.29, 0.717) is 23.0 Å². The first-order chi connectivity index (χ1) is 14.8. The number of rotatable bonds is 5. The van der Waals surface area contributed by atoms with Gasteiger partial charge in [0.25, 0.3) is 15.9 Å². The van der Waals surface area contributed by atoms with E-state index >= 15 is 0 Å². The van der Waals surface area contributed by atoms with Gasteiger partial charge in [-0.1, -0.05) is 53.6 Å². The summed E-state index contributed by atoms with van der Waals surface area (Å²) in [5.74, 6) is -0.0480. The van der Waals surface area contributed by atoms with E-state index in [4.69, 9.17) is 16.3 Å². The molecule has 1 unspecified atom stereocenters. The monoisotopic (exact) mass is 456 g/mol. The van der Waals surface area contributed by atoms with E-state index < -0.39 is 16.1 Å². The molecule has 160 valence electrons. The molecule has 0 radical (unpaired) electrons. The number of amides is 1. The van der Waals surface area contributed by atoms with Crippen molar-refractivity contribution in [3.05, 3.63) is 88.9 Å². The number of benzene rings is 3. The molecule has 1 atom stereocenters. The van der Waals surface area contributed by atoms with Crippen molar-refractivity contribution in [3.8, 4) is 5.75 Å². The Hall–Kier alpha value is -3.03. The predicted molar refractivity (Wildman–Crippen MR) is 120 cm³/mol. The minimum absolute atomic E-state index is 0.0902. The summed E-state index contributed by atoms with van der Waals surface area (Å²) in [4.78, 5) is 12.9. The number of hydrogen-bond acceptors (Lipinski definition) is 4. The van der Waals surface area contributed by atoms with Crippen molar-refractivity contribution in [1.82, 2.24) is 5.32 Å². The fourth-order valence-electron chi connectivity index (χ4n) is 3.31. The first kappa shape index (κ1) is 21.2. The van der Waals surface area contributed by atoms with Gasteiger partial charge in [0, 0.05) is 11.6 Å². The van der Waals surface area contributed by atoms with E-state index in [2.05, 4.69) is 5.32 Å². The summed E-state index contributed by atoms with van der Waals surface area (Å²) in [5.41, 5.74) is 2.46. The van der Waals surface area contributed by atoms with Crippen LogP contribution in [0.2, 0.25) is 5.02 Å². The standard InChI is InChI=1S/C23H21ClN2O4S/c1-16-6-8-17(9-7-16)14-25-23(27)22-15-26(20-4-2-3-5-21(20)30-22)31(28,29)19-12-10-18(24)11-13-19/h2-13,22H,14-15H2,1H3,(H,25,27). The quantitative estimate of drug-likeness (QED) is 0.631. The number of fused-ring (bicyclic) bond motifs is 1. The minimum Gasteiger partial charge on any atom is -0.476 e. The van der Waals surface area contributed by atoms with Crippen molar-refractivity contribution in [2.45, 2.75) is 24.5 Å². The van der Waals surface area contributed by atoms with Gasteiger partial charge in [-0.25, -0.2) is 8.42 Å². The molecule has 3 aromatic carbocycles. The summed E-state index contributed by atoms with van der Waals surface area (Å²) in [6.45, 7) is 2.18. The van der Waals surface area contributed by atoms with Gasteiger partial charge in [0.05, 0.1) is 17.1 Å². The molecule has 31 heavy (non-hydrogen) atoms. The minimum atomic E-state index is -3.92. The number of para-hydroxylation sites is 2. The number of nitrogens with zero attached hydrogens (tertiary/aromatic N) is 1. The maximum atomic E-state index is 13.3. The van der Waals surface area contributed by atoms with Crippen LogP contribution in [0.5, 0.6) is 5.75 Å². The van der Waals surface area contributed by atoms with Crippen molar-refractivity contribution < 1.29 is 17.9 Å². The Morgan fingerprint density at radius 1 is 1.06 bits per heavy atom. The molecule has 1 aliphatic rings. The number of nitrogens with one attached hydrogen (secondary N) is 1. The van der Waals surface area contributed by atoms with Crippen molar-refractivity contribution >= 4 is 33.2 Å². The normalized spacial score (nSPS) is 15.7. The Morgan fingerprint density at radius 2 is 1.74 bits per heavy atom. The number of carbonyl (C=O) groups is 1. The van der Waals surface area contributed by atoms with E-state index in [9.17, 15) is 13.2 Å². The van der Waals surface area contributed by atoms with Crippen LogP contribution in [0.15, 0.2) is 77.7 Å². The van der Waals surface area contributed by atoms with Crippen molar-refractivity contribution in [2.75, 3.05) is 10.8 Å². The van der Waals surface area contributed by atoms with Gasteiger partial charge in [0.2, 0.25) is 0 Å². The summed E-state index contributed by atoms with van der Waals surface area (Å²) in [6.07, 6.45) is -0.984. The number of aryl methyl sites for hydroxylation is 1. The van der Waals surface area contributed by atoms with Crippen LogP contribution < -0.4 is 14.4 Å². The zero-order valence-electron chi connectivity index (χ0n) is 16.8. The van der Waals surface area contributed by atoms with E-state index in [1.165, 1.54) is 28.6 Å². The maximum absolute atomic E-state index is 13.3. The molecule has 0 spiro atoms. The molecule has 1 amide bonds. The third kappa shape index (κ3) is 4.52. The number of carbonyl (C=O) groups excluding carboxylic acids is 1. The van der Waals surface area contributed by atoms with E-state index in [-0.39, 0.29) is 17.3 Å². The molecular formula is C23H21ClN2O4S. The molecule has 0 fully saturated rings. The highest BCUT2D eigenvalue weighted by Crippen LogP contribution is 2.36. The molecule has 4 rings (SSSR count). The van der Waals surface area contributed by atoms with Crippen LogP contribution in [0.3, 0.4) is 0 Å². The smallest absolute Gasteiger partial charge is 0.264 e. The molecule has 0 saturated carbocycles. The maximum Gasteiger partial charge on any atom is 0.264 e. The molecule has 1 N–H and O–H groups in total. The molecular weight excluding hydrogens is 436 g/mol. The lowest BCUT2D eigenvalue weighted by Gasteiger charge is -2.34. The van der Waals surface area contributed by atoms with Crippen LogP contribution in [0.1, 0.15) is 11.1 Å². The third-order valence-electron chi connectivity index (χ3n) is 5.02. The molecule has 8 heteroatoms. The molecule has 0 saturated heterocycles. The average molecular weight is 457 g/mol. The van der Waals surface area contributed by atoms with Crippen molar-refractivity contribution in [3.63, 3.8) is 0 Å². The summed E-state index contributed by atoms with van der Waals surface area (Å²) in [5, 5.41) is 3.27. The molecule has 0 aliphatic carbocycles. The summed E-state index contributed by atoms with van der Waals surface area (Å²) in [6, 6.07) is 20.5. The largest absolute Gasteiger partial charge is 0.476 e. The van der Waals surface area contributed by atoms with Crippen LogP contribution in [0.25, 0.3) is 0 Å². The number of halogens is 1. The first-order valence-corrected chi connectivity index (χ1v) is 11.5. The zero-order valence-corrected chi connectivity index (χ0v) is 18.4. The van der Waals surface area contributed by atoms with Gasteiger partial charge in [-0.05, 0) is 48.9 Å². The highest BCUT2D eigenvalue weighted by molar-refractivity contribution is 7.92. The Labute approximate surface area is 186 Å². The topological polar surface area (TPSA) is 75.7 Å². The summed E-state index contributed by atoms with van der Waals surface area (Å²) >= 11 is 5.91. The van der Waals surface area contributed by atoms with E-state index in [0.717, 1.165) is 11.1 Å². The van der Waals surface area contributed by atoms with Crippen LogP contribution >= 0.6 is 11.6 Å². The van der Waals surface area contributed by atoms with Gasteiger partial charge in [0.1, 0.15) is 5.75 Å². The first-order valence-electron chi connectivity index (χ1n) is 9.72. The van der Waals surface area contributed by atoms with Crippen LogP contribution in [-0.2, 0) is 21.4 Å². The molecule has 1 aliphatic heterocycles. The van der Waals surface area contributed by atoms with Gasteiger partial charge in [0.15, 0.2) is 6.10 Å². The fourth-order valence-corrected chi connectivity index (χ4v) is 4.91. The number of hydrogen-bond donors (Lipinski definition) is 1. The lowest BCUT2D eigenvalue weighted by atomic mass is 10.1. The van der Waals surface area contributed by atoms with Crippen LogP contribution in [-0.4, -0.2) is 27.0 Å². The Morgan fingerprint density at radius 3 is 2.45 bits per heavy atom. The Balaban J connectivity index is 1.58. The van der Waals surface area contributed by atoms with Crippen molar-refractivity contribution in [2.24, 2.45) is 0 Å². The second-order valence-electron chi connectivity index (χ2n) is 7.27. The van der Waals surface area contributed by atoms with E-state index in [1.807, 2.05) is 31.2 Å². The highest BCUT2D eigenvalue weighted by Gasteiger charge is 2.37.